The molecule has 6 nitrogen and oxygen atoms in total. The van der Waals surface area contributed by atoms with E-state index in [1.807, 2.05) is 32.2 Å². The minimum absolute atomic E-state index is 0.0362. The Morgan fingerprint density at radius 1 is 1.09 bits per heavy atom. The van der Waals surface area contributed by atoms with Gasteiger partial charge in [-0.15, -0.1) is 11.3 Å². The average molecular weight is 512 g/mol. The zero-order valence-corrected chi connectivity index (χ0v) is 21.5. The van der Waals surface area contributed by atoms with Crippen molar-refractivity contribution in [3.8, 4) is 11.5 Å². The number of halogens is 1. The summed E-state index contributed by atoms with van der Waals surface area (Å²) < 4.78 is 11.0. The molecular formula is C27H26ClNO5S. The first-order chi connectivity index (χ1) is 16.8. The number of benzene rings is 2. The Kier molecular flexibility index (Phi) is 7.19. The van der Waals surface area contributed by atoms with Crippen molar-refractivity contribution in [2.24, 2.45) is 0 Å². The first kappa shape index (κ1) is 24.8. The van der Waals surface area contributed by atoms with Gasteiger partial charge in [-0.2, -0.15) is 0 Å². The third kappa shape index (κ3) is 4.54. The number of hydrogen-bond acceptors (Lipinski definition) is 6. The molecule has 2 aromatic carbocycles. The fraction of sp³-hybridized carbons (Fsp3) is 0.259. The van der Waals surface area contributed by atoms with Crippen molar-refractivity contribution in [3.63, 3.8) is 0 Å². The van der Waals surface area contributed by atoms with Crippen molar-refractivity contribution < 1.29 is 24.2 Å². The van der Waals surface area contributed by atoms with E-state index in [1.54, 1.807) is 36.4 Å². The van der Waals surface area contributed by atoms with Gasteiger partial charge in [-0.05, 0) is 79.2 Å². The van der Waals surface area contributed by atoms with Crippen molar-refractivity contribution in [3.05, 3.63) is 80.0 Å². The molecule has 4 rings (SSSR count). The van der Waals surface area contributed by atoms with Crippen LogP contribution in [-0.2, 0) is 9.59 Å². The van der Waals surface area contributed by atoms with Gasteiger partial charge in [-0.25, -0.2) is 0 Å². The van der Waals surface area contributed by atoms with Gasteiger partial charge in [-0.1, -0.05) is 18.5 Å². The summed E-state index contributed by atoms with van der Waals surface area (Å²) in [5.74, 6) is -0.547. The molecule has 1 aliphatic rings. The lowest BCUT2D eigenvalue weighted by Crippen LogP contribution is -2.29. The molecule has 2 heterocycles. The molecule has 0 spiro atoms. The van der Waals surface area contributed by atoms with Crippen LogP contribution < -0.4 is 14.4 Å². The molecule has 1 unspecified atom stereocenters. The largest absolute Gasteiger partial charge is 0.507 e. The quantitative estimate of drug-likeness (QED) is 0.224. The Labute approximate surface area is 213 Å². The molecule has 1 aliphatic heterocycles. The third-order valence-corrected chi connectivity index (χ3v) is 7.28. The minimum atomic E-state index is -0.796. The lowest BCUT2D eigenvalue weighted by atomic mass is 9.97. The smallest absolute Gasteiger partial charge is 0.300 e. The Morgan fingerprint density at radius 2 is 1.83 bits per heavy atom. The number of carbonyl (C=O) groups excluding carboxylic acids is 2. The number of carbonyl (C=O) groups is 2. The highest BCUT2D eigenvalue weighted by Crippen LogP contribution is 2.46. The summed E-state index contributed by atoms with van der Waals surface area (Å²) in [5, 5.41) is 13.6. The van der Waals surface area contributed by atoms with Gasteiger partial charge in [0.15, 0.2) is 0 Å². The van der Waals surface area contributed by atoms with Crippen LogP contribution in [0.15, 0.2) is 53.4 Å². The molecule has 0 bridgehead atoms. The molecule has 182 valence electrons. The number of thiophene rings is 1. The number of aryl methyl sites for hydroxylation is 2. The van der Waals surface area contributed by atoms with E-state index in [9.17, 15) is 14.7 Å². The average Bonchev–Trinajstić information content (AvgIpc) is 3.37. The van der Waals surface area contributed by atoms with Gasteiger partial charge in [0.25, 0.3) is 11.7 Å². The van der Waals surface area contributed by atoms with Crippen LogP contribution in [0.3, 0.4) is 0 Å². The summed E-state index contributed by atoms with van der Waals surface area (Å²) in [6.07, 6.45) is 0.875. The third-order valence-electron chi connectivity index (χ3n) is 5.92. The monoisotopic (exact) mass is 511 g/mol. The van der Waals surface area contributed by atoms with Crippen LogP contribution in [0.1, 0.15) is 41.0 Å². The van der Waals surface area contributed by atoms with Crippen LogP contribution in [0.25, 0.3) is 5.76 Å². The number of hydrogen-bond donors (Lipinski definition) is 1. The predicted octanol–water partition coefficient (Wildman–Crippen LogP) is 6.44. The maximum absolute atomic E-state index is 13.3. The molecule has 1 fully saturated rings. The highest BCUT2D eigenvalue weighted by molar-refractivity contribution is 7.10. The second kappa shape index (κ2) is 10.1. The second-order valence-electron chi connectivity index (χ2n) is 8.28. The Morgan fingerprint density at radius 3 is 2.43 bits per heavy atom. The number of anilines is 1. The second-order valence-corrected chi connectivity index (χ2v) is 9.64. The van der Waals surface area contributed by atoms with Crippen LogP contribution in [0.5, 0.6) is 11.5 Å². The number of methoxy groups -OCH3 is 1. The van der Waals surface area contributed by atoms with Gasteiger partial charge in [0, 0.05) is 16.1 Å². The van der Waals surface area contributed by atoms with Gasteiger partial charge in [0.1, 0.15) is 23.3 Å². The van der Waals surface area contributed by atoms with Crippen molar-refractivity contribution in [1.82, 2.24) is 0 Å². The van der Waals surface area contributed by atoms with E-state index in [-0.39, 0.29) is 11.3 Å². The van der Waals surface area contributed by atoms with Crippen LogP contribution >= 0.6 is 22.9 Å². The standard InChI is InChI=1S/C27H26ClNO5S/c1-5-11-34-20-8-6-17(13-16(20)3)24(30)22-23(26-15(2)10-12-35-26)29(27(32)25(22)31)18-7-9-21(33-4)19(28)14-18/h6-10,12-14,23,30H,5,11H2,1-4H3/b24-22-. The maximum Gasteiger partial charge on any atom is 0.300 e. The van der Waals surface area contributed by atoms with Crippen LogP contribution in [0.2, 0.25) is 5.02 Å². The summed E-state index contributed by atoms with van der Waals surface area (Å²) in [7, 11) is 1.50. The number of ether oxygens (including phenoxy) is 2. The minimum Gasteiger partial charge on any atom is -0.507 e. The molecule has 1 atom stereocenters. The lowest BCUT2D eigenvalue weighted by Gasteiger charge is -2.25. The van der Waals surface area contributed by atoms with Crippen LogP contribution in [0, 0.1) is 13.8 Å². The summed E-state index contributed by atoms with van der Waals surface area (Å²) in [5.41, 5.74) is 2.65. The van der Waals surface area contributed by atoms with Crippen molar-refractivity contribution in [2.45, 2.75) is 33.2 Å². The van der Waals surface area contributed by atoms with E-state index in [2.05, 4.69) is 0 Å². The van der Waals surface area contributed by atoms with Gasteiger partial charge in [0.2, 0.25) is 0 Å². The summed E-state index contributed by atoms with van der Waals surface area (Å²) in [6.45, 7) is 6.40. The van der Waals surface area contributed by atoms with E-state index in [0.29, 0.717) is 34.4 Å². The summed E-state index contributed by atoms with van der Waals surface area (Å²) in [6, 6.07) is 11.3. The molecule has 0 radical (unpaired) electrons. The number of nitrogens with zero attached hydrogens (tertiary/aromatic N) is 1. The molecule has 1 N–H and O–H groups in total. The molecule has 1 amide bonds. The number of aliphatic hydroxyl groups is 1. The number of aliphatic hydroxyl groups excluding tert-OH is 1. The Bertz CT molecular complexity index is 1330. The maximum atomic E-state index is 13.3. The molecule has 0 aliphatic carbocycles. The van der Waals surface area contributed by atoms with Crippen LogP contribution in [-0.4, -0.2) is 30.5 Å². The highest BCUT2D eigenvalue weighted by Gasteiger charge is 2.48. The van der Waals surface area contributed by atoms with E-state index >= 15 is 0 Å². The number of Topliss-reactive ketones (excluding diaryl/α,β-unsaturated/α-hetero) is 1. The first-order valence-electron chi connectivity index (χ1n) is 11.2. The Hall–Kier alpha value is -3.29. The van der Waals surface area contributed by atoms with Crippen molar-refractivity contribution in [1.29, 1.82) is 0 Å². The van der Waals surface area contributed by atoms with Crippen molar-refractivity contribution in [2.75, 3.05) is 18.6 Å². The number of ketones is 1. The van der Waals surface area contributed by atoms with Gasteiger partial charge in [0.05, 0.1) is 24.3 Å². The zero-order chi connectivity index (χ0) is 25.3. The van der Waals surface area contributed by atoms with E-state index < -0.39 is 17.7 Å². The molecular weight excluding hydrogens is 486 g/mol. The van der Waals surface area contributed by atoms with Crippen molar-refractivity contribution >= 4 is 46.1 Å². The van der Waals surface area contributed by atoms with Gasteiger partial charge < -0.3 is 14.6 Å². The van der Waals surface area contributed by atoms with E-state index in [4.69, 9.17) is 21.1 Å². The zero-order valence-electron chi connectivity index (χ0n) is 19.9. The first-order valence-corrected chi connectivity index (χ1v) is 12.5. The molecule has 0 saturated carbocycles. The molecule has 1 aromatic heterocycles. The highest BCUT2D eigenvalue weighted by atomic mass is 35.5. The predicted molar refractivity (Wildman–Crippen MR) is 139 cm³/mol. The molecule has 3 aromatic rings. The van der Waals surface area contributed by atoms with Gasteiger partial charge >= 0.3 is 0 Å². The van der Waals surface area contributed by atoms with Crippen LogP contribution in [0.4, 0.5) is 5.69 Å². The number of amides is 1. The lowest BCUT2D eigenvalue weighted by molar-refractivity contribution is -0.132. The molecule has 8 heteroatoms. The molecule has 35 heavy (non-hydrogen) atoms. The normalized spacial score (nSPS) is 17.2. The SMILES string of the molecule is CCCOc1ccc(/C(O)=C2/C(=O)C(=O)N(c3ccc(OC)c(Cl)c3)C2c2sccc2C)cc1C. The Balaban J connectivity index is 1.87. The molecule has 1 saturated heterocycles. The number of rotatable bonds is 7. The summed E-state index contributed by atoms with van der Waals surface area (Å²) >= 11 is 7.76. The summed E-state index contributed by atoms with van der Waals surface area (Å²) in [4.78, 5) is 28.8. The van der Waals surface area contributed by atoms with Gasteiger partial charge in [-0.3, -0.25) is 14.5 Å². The van der Waals surface area contributed by atoms with E-state index in [0.717, 1.165) is 22.4 Å². The van der Waals surface area contributed by atoms with E-state index in [1.165, 1.54) is 23.3 Å². The fourth-order valence-electron chi connectivity index (χ4n) is 4.14. The fourth-order valence-corrected chi connectivity index (χ4v) is 5.42. The topological polar surface area (TPSA) is 76.1 Å².